The Bertz CT molecular complexity index is 554. The first kappa shape index (κ1) is 11.0. The quantitative estimate of drug-likeness (QED) is 0.842. The van der Waals surface area contributed by atoms with Gasteiger partial charge in [-0.2, -0.15) is 0 Å². The molecule has 84 valence electrons. The van der Waals surface area contributed by atoms with Crippen LogP contribution in [0.1, 0.15) is 19.4 Å². The van der Waals surface area contributed by atoms with E-state index in [0.717, 1.165) is 15.6 Å². The normalized spacial score (nSPS) is 11.9. The summed E-state index contributed by atoms with van der Waals surface area (Å²) >= 11 is 1.49. The lowest BCUT2D eigenvalue weighted by molar-refractivity contribution is -0.142. The molecule has 0 saturated carbocycles. The van der Waals surface area contributed by atoms with E-state index in [1.807, 2.05) is 5.38 Å². The van der Waals surface area contributed by atoms with Gasteiger partial charge in [0, 0.05) is 10.1 Å². The fourth-order valence-corrected chi connectivity index (χ4v) is 2.73. The molecule has 1 aromatic carbocycles. The summed E-state index contributed by atoms with van der Waals surface area (Å²) in [4.78, 5) is 11.2. The number of benzene rings is 1. The summed E-state index contributed by atoms with van der Waals surface area (Å²) in [7, 11) is 0. The van der Waals surface area contributed by atoms with E-state index in [4.69, 9.17) is 0 Å². The maximum absolute atomic E-state index is 11.2. The lowest BCUT2D eigenvalue weighted by Gasteiger charge is -2.18. The van der Waals surface area contributed by atoms with Crippen LogP contribution in [0, 0.1) is 0 Å². The Hall–Kier alpha value is -1.55. The molecule has 0 unspecified atom stereocenters. The molecule has 0 aliphatic carbocycles. The van der Waals surface area contributed by atoms with Gasteiger partial charge in [-0.3, -0.25) is 4.79 Å². The lowest BCUT2D eigenvalue weighted by Crippen LogP contribution is -2.28. The van der Waals surface area contributed by atoms with Crippen LogP contribution < -0.4 is 0 Å². The van der Waals surface area contributed by atoms with Crippen molar-refractivity contribution in [1.29, 1.82) is 0 Å². The minimum Gasteiger partial charge on any atom is -0.508 e. The van der Waals surface area contributed by atoms with Crippen LogP contribution in [-0.2, 0) is 10.2 Å². The van der Waals surface area contributed by atoms with Gasteiger partial charge in [-0.05, 0) is 43.0 Å². The molecule has 1 heterocycles. The van der Waals surface area contributed by atoms with E-state index in [-0.39, 0.29) is 5.75 Å². The number of phenolic OH excluding ortho intramolecular Hbond substituents is 1. The van der Waals surface area contributed by atoms with Gasteiger partial charge in [0.25, 0.3) is 0 Å². The molecule has 0 saturated heterocycles. The number of thiophene rings is 1. The topological polar surface area (TPSA) is 57.5 Å². The molecule has 0 fully saturated rings. The van der Waals surface area contributed by atoms with Gasteiger partial charge in [-0.15, -0.1) is 11.3 Å². The second kappa shape index (κ2) is 3.49. The minimum absolute atomic E-state index is 0.160. The molecule has 0 spiro atoms. The SMILES string of the molecule is CC(C)(C(=O)O)c1csc2ccc(O)cc12. The average molecular weight is 236 g/mol. The summed E-state index contributed by atoms with van der Waals surface area (Å²) in [6.07, 6.45) is 0. The number of hydrogen-bond acceptors (Lipinski definition) is 3. The van der Waals surface area contributed by atoms with Gasteiger partial charge < -0.3 is 10.2 Å². The smallest absolute Gasteiger partial charge is 0.313 e. The van der Waals surface area contributed by atoms with Crippen molar-refractivity contribution in [1.82, 2.24) is 0 Å². The summed E-state index contributed by atoms with van der Waals surface area (Å²) in [5.74, 6) is -0.705. The first-order chi connectivity index (χ1) is 7.43. The number of aliphatic carboxylic acids is 1. The maximum Gasteiger partial charge on any atom is 0.313 e. The number of carbonyl (C=O) groups is 1. The van der Waals surface area contributed by atoms with Crippen molar-refractivity contribution in [2.24, 2.45) is 0 Å². The first-order valence-corrected chi connectivity index (χ1v) is 5.75. The molecule has 3 nitrogen and oxygen atoms in total. The number of phenols is 1. The second-order valence-corrected chi connectivity index (χ2v) is 5.17. The highest BCUT2D eigenvalue weighted by Gasteiger charge is 2.31. The molecule has 2 rings (SSSR count). The van der Waals surface area contributed by atoms with E-state index in [9.17, 15) is 15.0 Å². The molecule has 0 bridgehead atoms. The number of carboxylic acids is 1. The van der Waals surface area contributed by atoms with Crippen molar-refractivity contribution in [3.8, 4) is 5.75 Å². The van der Waals surface area contributed by atoms with Crippen LogP contribution in [0.2, 0.25) is 0 Å². The van der Waals surface area contributed by atoms with E-state index in [1.165, 1.54) is 11.3 Å². The summed E-state index contributed by atoms with van der Waals surface area (Å²) in [5.41, 5.74) is -0.192. The number of rotatable bonds is 2. The summed E-state index contributed by atoms with van der Waals surface area (Å²) < 4.78 is 0.988. The highest BCUT2D eigenvalue weighted by atomic mass is 32.1. The van der Waals surface area contributed by atoms with Crippen LogP contribution in [0.15, 0.2) is 23.6 Å². The van der Waals surface area contributed by atoms with Crippen molar-refractivity contribution in [2.45, 2.75) is 19.3 Å². The van der Waals surface area contributed by atoms with Gasteiger partial charge in [0.15, 0.2) is 0 Å². The number of hydrogen-bond donors (Lipinski definition) is 2. The number of aromatic hydroxyl groups is 1. The highest BCUT2D eigenvalue weighted by Crippen LogP contribution is 2.36. The molecule has 16 heavy (non-hydrogen) atoms. The molecule has 0 atom stereocenters. The number of carboxylic acid groups (broad SMARTS) is 1. The predicted molar refractivity (Wildman–Crippen MR) is 64.2 cm³/mol. The molecule has 0 aliphatic heterocycles. The monoisotopic (exact) mass is 236 g/mol. The molecule has 0 radical (unpaired) electrons. The third kappa shape index (κ3) is 1.55. The van der Waals surface area contributed by atoms with Gasteiger partial charge >= 0.3 is 5.97 Å². The molecule has 2 N–H and O–H groups in total. The minimum atomic E-state index is -0.938. The molecule has 0 aliphatic rings. The van der Waals surface area contributed by atoms with Crippen molar-refractivity contribution >= 4 is 27.4 Å². The zero-order chi connectivity index (χ0) is 11.9. The average Bonchev–Trinajstić information content (AvgIpc) is 2.60. The Morgan fingerprint density at radius 1 is 1.38 bits per heavy atom. The third-order valence-corrected chi connectivity index (χ3v) is 3.73. The van der Waals surface area contributed by atoms with Crippen LogP contribution in [-0.4, -0.2) is 16.2 Å². The Balaban J connectivity index is 2.70. The number of fused-ring (bicyclic) bond motifs is 1. The van der Waals surface area contributed by atoms with Crippen molar-refractivity contribution in [3.05, 3.63) is 29.1 Å². The van der Waals surface area contributed by atoms with Crippen LogP contribution in [0.25, 0.3) is 10.1 Å². The van der Waals surface area contributed by atoms with Crippen LogP contribution in [0.5, 0.6) is 5.75 Å². The Labute approximate surface area is 97.0 Å². The van der Waals surface area contributed by atoms with Gasteiger partial charge in [0.2, 0.25) is 0 Å². The van der Waals surface area contributed by atoms with E-state index < -0.39 is 11.4 Å². The van der Waals surface area contributed by atoms with E-state index >= 15 is 0 Å². The van der Waals surface area contributed by atoms with Crippen LogP contribution in [0.3, 0.4) is 0 Å². The van der Waals surface area contributed by atoms with E-state index in [1.54, 1.807) is 32.0 Å². The highest BCUT2D eigenvalue weighted by molar-refractivity contribution is 7.17. The zero-order valence-corrected chi connectivity index (χ0v) is 9.84. The third-order valence-electron chi connectivity index (χ3n) is 2.77. The van der Waals surface area contributed by atoms with E-state index in [0.29, 0.717) is 0 Å². The van der Waals surface area contributed by atoms with Crippen LogP contribution >= 0.6 is 11.3 Å². The summed E-state index contributed by atoms with van der Waals surface area (Å²) in [6.45, 7) is 3.34. The molecule has 0 amide bonds. The second-order valence-electron chi connectivity index (χ2n) is 4.26. The Morgan fingerprint density at radius 2 is 2.06 bits per heavy atom. The Kier molecular flexibility index (Phi) is 2.39. The molecular formula is C12H12O3S. The van der Waals surface area contributed by atoms with Gasteiger partial charge in [-0.25, -0.2) is 0 Å². The molecular weight excluding hydrogens is 224 g/mol. The molecule has 4 heteroatoms. The summed E-state index contributed by atoms with van der Waals surface area (Å²) in [5, 5.41) is 21.3. The maximum atomic E-state index is 11.2. The zero-order valence-electron chi connectivity index (χ0n) is 9.02. The van der Waals surface area contributed by atoms with Gasteiger partial charge in [0.05, 0.1) is 5.41 Å². The Morgan fingerprint density at radius 3 is 2.69 bits per heavy atom. The van der Waals surface area contributed by atoms with Gasteiger partial charge in [-0.1, -0.05) is 0 Å². The lowest BCUT2D eigenvalue weighted by atomic mass is 9.85. The van der Waals surface area contributed by atoms with E-state index in [2.05, 4.69) is 0 Å². The summed E-state index contributed by atoms with van der Waals surface area (Å²) in [6, 6.07) is 5.03. The largest absolute Gasteiger partial charge is 0.508 e. The van der Waals surface area contributed by atoms with Crippen molar-refractivity contribution in [2.75, 3.05) is 0 Å². The molecule has 2 aromatic rings. The fourth-order valence-electron chi connectivity index (χ4n) is 1.62. The standard InChI is InChI=1S/C12H12O3S/c1-12(2,11(14)15)9-6-16-10-4-3-7(13)5-8(9)10/h3-6,13H,1-2H3,(H,14,15). The first-order valence-electron chi connectivity index (χ1n) is 4.87. The molecule has 1 aromatic heterocycles. The fraction of sp³-hybridized carbons (Fsp3) is 0.250. The van der Waals surface area contributed by atoms with Gasteiger partial charge in [0.1, 0.15) is 5.75 Å². The van der Waals surface area contributed by atoms with Crippen molar-refractivity contribution in [3.63, 3.8) is 0 Å². The predicted octanol–water partition coefficient (Wildman–Crippen LogP) is 2.97. The van der Waals surface area contributed by atoms with Crippen molar-refractivity contribution < 1.29 is 15.0 Å². The van der Waals surface area contributed by atoms with Crippen LogP contribution in [0.4, 0.5) is 0 Å².